The van der Waals surface area contributed by atoms with Crippen LogP contribution in [0.5, 0.6) is 5.75 Å². The van der Waals surface area contributed by atoms with Crippen LogP contribution in [0.3, 0.4) is 0 Å². The maximum Gasteiger partial charge on any atom is 0.227 e. The molecule has 84 valence electrons. The molecule has 1 aromatic carbocycles. The summed E-state index contributed by atoms with van der Waals surface area (Å²) in [6.07, 6.45) is 1.53. The molecule has 16 heavy (non-hydrogen) atoms. The highest BCUT2D eigenvalue weighted by molar-refractivity contribution is 5.88. The number of rotatable bonds is 3. The molecule has 0 spiro atoms. The minimum atomic E-state index is 0.149. The van der Waals surface area contributed by atoms with Crippen molar-refractivity contribution in [1.29, 1.82) is 0 Å². The minimum absolute atomic E-state index is 0.149. The second-order valence-electron chi connectivity index (χ2n) is 3.80. The van der Waals surface area contributed by atoms with Crippen molar-refractivity contribution in [3.05, 3.63) is 36.4 Å². The molecule has 0 aromatic heterocycles. The van der Waals surface area contributed by atoms with E-state index in [4.69, 9.17) is 4.74 Å². The Balaban J connectivity index is 2.30. The summed E-state index contributed by atoms with van der Waals surface area (Å²) in [6, 6.07) is 7.62. The Morgan fingerprint density at radius 2 is 2.19 bits per heavy atom. The molecule has 0 saturated carbocycles. The van der Waals surface area contributed by atoms with Crippen LogP contribution in [0.15, 0.2) is 30.8 Å². The SMILES string of the molecule is C=C(c1ccccc1OC)N1CCCC1=O. The van der Waals surface area contributed by atoms with Crippen molar-refractivity contribution in [2.24, 2.45) is 0 Å². The van der Waals surface area contributed by atoms with Crippen LogP contribution in [0.25, 0.3) is 5.70 Å². The topological polar surface area (TPSA) is 29.5 Å². The van der Waals surface area contributed by atoms with Gasteiger partial charge in [0.2, 0.25) is 5.91 Å². The van der Waals surface area contributed by atoms with E-state index in [1.807, 2.05) is 24.3 Å². The van der Waals surface area contributed by atoms with Gasteiger partial charge in [-0.2, -0.15) is 0 Å². The first-order valence-corrected chi connectivity index (χ1v) is 5.36. The summed E-state index contributed by atoms with van der Waals surface area (Å²) in [5, 5.41) is 0. The van der Waals surface area contributed by atoms with Gasteiger partial charge in [0.05, 0.1) is 7.11 Å². The monoisotopic (exact) mass is 217 g/mol. The summed E-state index contributed by atoms with van der Waals surface area (Å²) in [6.45, 7) is 4.75. The molecule has 0 aliphatic carbocycles. The standard InChI is InChI=1S/C13H15NO2/c1-10(14-9-5-8-13(14)15)11-6-3-4-7-12(11)16-2/h3-4,6-7H,1,5,8-9H2,2H3. The van der Waals surface area contributed by atoms with Crippen molar-refractivity contribution in [1.82, 2.24) is 4.90 Å². The number of carbonyl (C=O) groups excluding carboxylic acids is 1. The lowest BCUT2D eigenvalue weighted by molar-refractivity contribution is -0.124. The predicted molar refractivity (Wildman–Crippen MR) is 63.0 cm³/mol. The first-order valence-electron chi connectivity index (χ1n) is 5.36. The number of amides is 1. The van der Waals surface area contributed by atoms with Gasteiger partial charge in [-0.15, -0.1) is 0 Å². The number of likely N-dealkylation sites (tertiary alicyclic amines) is 1. The van der Waals surface area contributed by atoms with Crippen LogP contribution < -0.4 is 4.74 Å². The molecule has 1 aromatic rings. The summed E-state index contributed by atoms with van der Waals surface area (Å²) in [5.74, 6) is 0.906. The highest BCUT2D eigenvalue weighted by atomic mass is 16.5. The Morgan fingerprint density at radius 1 is 1.44 bits per heavy atom. The van der Waals surface area contributed by atoms with Crippen molar-refractivity contribution in [2.75, 3.05) is 13.7 Å². The first kappa shape index (κ1) is 10.7. The van der Waals surface area contributed by atoms with Crippen molar-refractivity contribution < 1.29 is 9.53 Å². The molecule has 3 heteroatoms. The molecule has 1 saturated heterocycles. The van der Waals surface area contributed by atoms with Crippen LogP contribution in [-0.2, 0) is 4.79 Å². The van der Waals surface area contributed by atoms with Crippen LogP contribution in [0.4, 0.5) is 0 Å². The summed E-state index contributed by atoms with van der Waals surface area (Å²) in [4.78, 5) is 13.3. The molecule has 0 bridgehead atoms. The van der Waals surface area contributed by atoms with Gasteiger partial charge < -0.3 is 9.64 Å². The second-order valence-corrected chi connectivity index (χ2v) is 3.80. The lowest BCUT2D eigenvalue weighted by atomic mass is 10.1. The van der Waals surface area contributed by atoms with Gasteiger partial charge in [0.1, 0.15) is 5.75 Å². The van der Waals surface area contributed by atoms with Crippen molar-refractivity contribution in [3.63, 3.8) is 0 Å². The van der Waals surface area contributed by atoms with E-state index < -0.39 is 0 Å². The summed E-state index contributed by atoms with van der Waals surface area (Å²) in [7, 11) is 1.62. The summed E-state index contributed by atoms with van der Waals surface area (Å²) in [5.41, 5.74) is 1.63. The quantitative estimate of drug-likeness (QED) is 0.777. The van der Waals surface area contributed by atoms with E-state index in [1.54, 1.807) is 12.0 Å². The van der Waals surface area contributed by atoms with Crippen molar-refractivity contribution >= 4 is 11.6 Å². The normalized spacial score (nSPS) is 15.3. The molecule has 1 aliphatic heterocycles. The number of benzene rings is 1. The van der Waals surface area contributed by atoms with Crippen LogP contribution >= 0.6 is 0 Å². The van der Waals surface area contributed by atoms with Gasteiger partial charge in [-0.1, -0.05) is 18.7 Å². The zero-order valence-corrected chi connectivity index (χ0v) is 9.40. The van der Waals surface area contributed by atoms with E-state index >= 15 is 0 Å². The van der Waals surface area contributed by atoms with Gasteiger partial charge in [-0.05, 0) is 18.6 Å². The van der Waals surface area contributed by atoms with Gasteiger partial charge in [-0.3, -0.25) is 4.79 Å². The van der Waals surface area contributed by atoms with E-state index in [2.05, 4.69) is 6.58 Å². The van der Waals surface area contributed by atoms with Crippen LogP contribution in [0, 0.1) is 0 Å². The smallest absolute Gasteiger partial charge is 0.227 e. The molecule has 2 rings (SSSR count). The Kier molecular flexibility index (Phi) is 2.95. The summed E-state index contributed by atoms with van der Waals surface area (Å²) < 4.78 is 5.26. The molecule has 1 fully saturated rings. The largest absolute Gasteiger partial charge is 0.496 e. The van der Waals surface area contributed by atoms with Crippen molar-refractivity contribution in [3.8, 4) is 5.75 Å². The third kappa shape index (κ3) is 1.81. The molecular formula is C13H15NO2. The van der Waals surface area contributed by atoms with Crippen LogP contribution in [0.1, 0.15) is 18.4 Å². The van der Waals surface area contributed by atoms with Gasteiger partial charge in [-0.25, -0.2) is 0 Å². The fraction of sp³-hybridized carbons (Fsp3) is 0.308. The van der Waals surface area contributed by atoms with E-state index in [-0.39, 0.29) is 5.91 Å². The predicted octanol–water partition coefficient (Wildman–Crippen LogP) is 2.29. The molecule has 1 amide bonds. The lowest BCUT2D eigenvalue weighted by Gasteiger charge is -2.20. The fourth-order valence-electron chi connectivity index (χ4n) is 1.96. The lowest BCUT2D eigenvalue weighted by Crippen LogP contribution is -2.22. The average molecular weight is 217 g/mol. The second kappa shape index (κ2) is 4.39. The molecule has 1 heterocycles. The molecule has 0 N–H and O–H groups in total. The van der Waals surface area contributed by atoms with Crippen LogP contribution in [0.2, 0.25) is 0 Å². The Bertz CT molecular complexity index is 426. The Labute approximate surface area is 95.3 Å². The number of nitrogens with zero attached hydrogens (tertiary/aromatic N) is 1. The number of methoxy groups -OCH3 is 1. The molecule has 1 aliphatic rings. The van der Waals surface area contributed by atoms with E-state index in [0.717, 1.165) is 30.0 Å². The van der Waals surface area contributed by atoms with Crippen LogP contribution in [-0.4, -0.2) is 24.5 Å². The molecule has 0 unspecified atom stereocenters. The average Bonchev–Trinajstić information content (AvgIpc) is 2.74. The van der Waals surface area contributed by atoms with Gasteiger partial charge in [0, 0.05) is 24.2 Å². The van der Waals surface area contributed by atoms with E-state index in [0.29, 0.717) is 6.42 Å². The number of carbonyl (C=O) groups is 1. The number of para-hydroxylation sites is 1. The number of hydrogen-bond acceptors (Lipinski definition) is 2. The molecular weight excluding hydrogens is 202 g/mol. The van der Waals surface area contributed by atoms with Gasteiger partial charge >= 0.3 is 0 Å². The summed E-state index contributed by atoms with van der Waals surface area (Å²) >= 11 is 0. The van der Waals surface area contributed by atoms with Gasteiger partial charge in [0.25, 0.3) is 0 Å². The molecule has 0 radical (unpaired) electrons. The third-order valence-corrected chi connectivity index (χ3v) is 2.82. The third-order valence-electron chi connectivity index (χ3n) is 2.82. The zero-order chi connectivity index (χ0) is 11.5. The van der Waals surface area contributed by atoms with Crippen molar-refractivity contribution in [2.45, 2.75) is 12.8 Å². The highest BCUT2D eigenvalue weighted by Gasteiger charge is 2.24. The minimum Gasteiger partial charge on any atom is -0.496 e. The first-order chi connectivity index (χ1) is 7.74. The van der Waals surface area contributed by atoms with Gasteiger partial charge in [0.15, 0.2) is 0 Å². The highest BCUT2D eigenvalue weighted by Crippen LogP contribution is 2.29. The zero-order valence-electron chi connectivity index (χ0n) is 9.40. The molecule has 3 nitrogen and oxygen atoms in total. The maximum atomic E-state index is 11.6. The number of ether oxygens (including phenoxy) is 1. The Morgan fingerprint density at radius 3 is 2.81 bits per heavy atom. The molecule has 0 atom stereocenters. The fourth-order valence-corrected chi connectivity index (χ4v) is 1.96. The number of hydrogen-bond donors (Lipinski definition) is 0. The van der Waals surface area contributed by atoms with E-state index in [1.165, 1.54) is 0 Å². The maximum absolute atomic E-state index is 11.6. The Hall–Kier alpha value is -1.77. The van der Waals surface area contributed by atoms with E-state index in [9.17, 15) is 4.79 Å².